The highest BCUT2D eigenvalue weighted by molar-refractivity contribution is 7.91. The molecule has 2 aromatic rings. The maximum absolute atomic E-state index is 12.8. The number of nitrogens with one attached hydrogen (secondary N) is 1. The molecule has 33 heavy (non-hydrogen) atoms. The topological polar surface area (TPSA) is 96.0 Å². The van der Waals surface area contributed by atoms with Crippen molar-refractivity contribution in [3.05, 3.63) is 58.7 Å². The molecule has 1 N–H and O–H groups in total. The van der Waals surface area contributed by atoms with Crippen molar-refractivity contribution < 1.29 is 22.7 Å². The highest BCUT2D eigenvalue weighted by Crippen LogP contribution is 2.28. The lowest BCUT2D eigenvalue weighted by Crippen LogP contribution is -2.50. The summed E-state index contributed by atoms with van der Waals surface area (Å²) in [7, 11) is -3.38. The lowest BCUT2D eigenvalue weighted by Gasteiger charge is -2.34. The number of hydrogen-bond donors (Lipinski definition) is 1. The van der Waals surface area contributed by atoms with Crippen molar-refractivity contribution in [2.24, 2.45) is 0 Å². The summed E-state index contributed by atoms with van der Waals surface area (Å²) in [6, 6.07) is 10.9. The molecule has 9 heteroatoms. The Morgan fingerprint density at radius 1 is 0.970 bits per heavy atom. The fraction of sp³-hybridized carbons (Fsp3) is 0.417. The van der Waals surface area contributed by atoms with E-state index < -0.39 is 9.84 Å². The van der Waals surface area contributed by atoms with Crippen molar-refractivity contribution in [1.29, 1.82) is 0 Å². The first-order valence-electron chi connectivity index (χ1n) is 11.0. The molecule has 0 saturated carbocycles. The van der Waals surface area contributed by atoms with E-state index >= 15 is 0 Å². The molecule has 0 aliphatic carbocycles. The fourth-order valence-electron chi connectivity index (χ4n) is 3.86. The summed E-state index contributed by atoms with van der Waals surface area (Å²) in [4.78, 5) is 28.3. The Morgan fingerprint density at radius 3 is 2.15 bits per heavy atom. The van der Waals surface area contributed by atoms with Crippen molar-refractivity contribution in [2.75, 3.05) is 44.4 Å². The van der Waals surface area contributed by atoms with Crippen LogP contribution in [-0.4, -0.2) is 69.3 Å². The molecule has 0 atom stereocenters. The van der Waals surface area contributed by atoms with Crippen LogP contribution in [0.5, 0.6) is 0 Å². The number of carbonyl (C=O) groups excluding carboxylic acids is 2. The van der Waals surface area contributed by atoms with E-state index in [0.29, 0.717) is 55.5 Å². The minimum Gasteiger partial charge on any atom is -0.450 e. The predicted molar refractivity (Wildman–Crippen MR) is 127 cm³/mol. The Balaban J connectivity index is 1.62. The van der Waals surface area contributed by atoms with Gasteiger partial charge >= 0.3 is 6.09 Å². The molecular formula is C24H31N3O5S. The minimum absolute atomic E-state index is 0.0773. The number of ether oxygens (including phenoxy) is 1. The van der Waals surface area contributed by atoms with Gasteiger partial charge in [0.25, 0.3) is 5.91 Å². The number of carbonyl (C=O) groups is 2. The first-order chi connectivity index (χ1) is 15.6. The molecule has 0 bridgehead atoms. The van der Waals surface area contributed by atoms with Crippen molar-refractivity contribution in [1.82, 2.24) is 9.80 Å². The SMILES string of the molecule is CCOC(=O)N1CCN(C(=O)c2ccc(CNc3ccc(C)c(C)c3S(C)(=O)=O)cc2)CC1. The Morgan fingerprint density at radius 2 is 1.58 bits per heavy atom. The van der Waals surface area contributed by atoms with E-state index in [4.69, 9.17) is 4.74 Å². The average Bonchev–Trinajstić information content (AvgIpc) is 2.79. The van der Waals surface area contributed by atoms with Gasteiger partial charge in [-0.05, 0) is 55.7 Å². The molecule has 3 rings (SSSR count). The number of amides is 2. The summed E-state index contributed by atoms with van der Waals surface area (Å²) >= 11 is 0. The maximum atomic E-state index is 12.8. The maximum Gasteiger partial charge on any atom is 0.409 e. The van der Waals surface area contributed by atoms with E-state index in [1.54, 1.807) is 34.9 Å². The number of rotatable bonds is 6. The third-order valence-corrected chi connectivity index (χ3v) is 7.09. The van der Waals surface area contributed by atoms with Gasteiger partial charge in [-0.1, -0.05) is 18.2 Å². The van der Waals surface area contributed by atoms with E-state index in [1.165, 1.54) is 6.26 Å². The molecule has 178 valence electrons. The van der Waals surface area contributed by atoms with Crippen molar-refractivity contribution >= 4 is 27.5 Å². The van der Waals surface area contributed by atoms with E-state index in [-0.39, 0.29) is 12.0 Å². The van der Waals surface area contributed by atoms with Crippen LogP contribution in [-0.2, 0) is 21.1 Å². The van der Waals surface area contributed by atoms with Gasteiger partial charge in [0.05, 0.1) is 17.2 Å². The van der Waals surface area contributed by atoms with Gasteiger partial charge in [-0.15, -0.1) is 0 Å². The van der Waals surface area contributed by atoms with Crippen molar-refractivity contribution in [2.45, 2.75) is 32.2 Å². The first-order valence-corrected chi connectivity index (χ1v) is 12.8. The summed E-state index contributed by atoms with van der Waals surface area (Å²) in [6.07, 6.45) is 0.872. The monoisotopic (exact) mass is 473 g/mol. The summed E-state index contributed by atoms with van der Waals surface area (Å²) in [5, 5.41) is 3.22. The van der Waals surface area contributed by atoms with Gasteiger partial charge in [0, 0.05) is 44.5 Å². The Labute approximate surface area is 195 Å². The molecule has 1 saturated heterocycles. The number of anilines is 1. The van der Waals surface area contributed by atoms with E-state index in [9.17, 15) is 18.0 Å². The Bertz CT molecular complexity index is 1120. The zero-order chi connectivity index (χ0) is 24.2. The molecule has 2 aromatic carbocycles. The molecule has 2 amide bonds. The van der Waals surface area contributed by atoms with Gasteiger partial charge in [-0.3, -0.25) is 4.79 Å². The number of benzene rings is 2. The van der Waals surface area contributed by atoms with Crippen LogP contribution >= 0.6 is 0 Å². The van der Waals surface area contributed by atoms with E-state index in [1.807, 2.05) is 32.0 Å². The summed E-state index contributed by atoms with van der Waals surface area (Å²) in [5.41, 5.74) is 3.74. The Hall–Kier alpha value is -3.07. The summed E-state index contributed by atoms with van der Waals surface area (Å²) < 4.78 is 29.6. The van der Waals surface area contributed by atoms with Crippen LogP contribution in [0, 0.1) is 13.8 Å². The quantitative estimate of drug-likeness (QED) is 0.692. The highest BCUT2D eigenvalue weighted by Gasteiger charge is 2.25. The fourth-order valence-corrected chi connectivity index (χ4v) is 5.12. The van der Waals surface area contributed by atoms with Gasteiger partial charge in [-0.25, -0.2) is 13.2 Å². The summed E-state index contributed by atoms with van der Waals surface area (Å²) in [5.74, 6) is -0.0773. The third kappa shape index (κ3) is 5.84. The van der Waals surface area contributed by atoms with Crippen LogP contribution in [0.15, 0.2) is 41.3 Å². The van der Waals surface area contributed by atoms with Crippen LogP contribution in [0.1, 0.15) is 34.0 Å². The minimum atomic E-state index is -3.38. The van der Waals surface area contributed by atoms with Gasteiger partial charge in [-0.2, -0.15) is 0 Å². The molecule has 0 spiro atoms. The number of sulfone groups is 1. The number of hydrogen-bond acceptors (Lipinski definition) is 6. The normalized spacial score (nSPS) is 14.2. The molecular weight excluding hydrogens is 442 g/mol. The van der Waals surface area contributed by atoms with Crippen molar-refractivity contribution in [3.8, 4) is 0 Å². The molecule has 8 nitrogen and oxygen atoms in total. The number of piperazine rings is 1. The molecule has 0 unspecified atom stereocenters. The van der Waals surface area contributed by atoms with Gasteiger partial charge in [0.15, 0.2) is 9.84 Å². The van der Waals surface area contributed by atoms with Crippen LogP contribution in [0.25, 0.3) is 0 Å². The third-order valence-electron chi connectivity index (χ3n) is 5.82. The van der Waals surface area contributed by atoms with Gasteiger partial charge in [0.1, 0.15) is 0 Å². The second-order valence-corrected chi connectivity index (χ2v) is 10.1. The van der Waals surface area contributed by atoms with Gasteiger partial charge < -0.3 is 19.9 Å². The molecule has 0 radical (unpaired) electrons. The average molecular weight is 474 g/mol. The Kier molecular flexibility index (Phi) is 7.63. The van der Waals surface area contributed by atoms with E-state index in [2.05, 4.69) is 5.32 Å². The molecule has 1 heterocycles. The highest BCUT2D eigenvalue weighted by atomic mass is 32.2. The predicted octanol–water partition coefficient (Wildman–Crippen LogP) is 3.23. The van der Waals surface area contributed by atoms with E-state index in [0.717, 1.165) is 16.7 Å². The number of nitrogens with zero attached hydrogens (tertiary/aromatic N) is 2. The smallest absolute Gasteiger partial charge is 0.409 e. The second-order valence-electron chi connectivity index (χ2n) is 8.18. The lowest BCUT2D eigenvalue weighted by atomic mass is 10.1. The zero-order valence-electron chi connectivity index (χ0n) is 19.6. The first kappa shape index (κ1) is 24.6. The molecule has 1 aliphatic rings. The lowest BCUT2D eigenvalue weighted by molar-refractivity contribution is 0.0570. The summed E-state index contributed by atoms with van der Waals surface area (Å²) in [6.45, 7) is 8.05. The standard InChI is InChI=1S/C24H31N3O5S/c1-5-32-24(29)27-14-12-26(13-15-27)23(28)20-9-7-19(8-10-20)16-25-21-11-6-17(2)18(3)22(21)33(4,30)31/h6-11,25H,5,12-16H2,1-4H3. The molecule has 1 fully saturated rings. The molecule has 0 aromatic heterocycles. The molecule has 1 aliphatic heterocycles. The van der Waals surface area contributed by atoms with Crippen LogP contribution in [0.4, 0.5) is 10.5 Å². The van der Waals surface area contributed by atoms with Crippen LogP contribution in [0.2, 0.25) is 0 Å². The largest absolute Gasteiger partial charge is 0.450 e. The number of aryl methyl sites for hydroxylation is 1. The second kappa shape index (κ2) is 10.2. The van der Waals surface area contributed by atoms with Crippen molar-refractivity contribution in [3.63, 3.8) is 0 Å². The van der Waals surface area contributed by atoms with Gasteiger partial charge in [0.2, 0.25) is 0 Å². The van der Waals surface area contributed by atoms with Crippen LogP contribution < -0.4 is 5.32 Å². The zero-order valence-corrected chi connectivity index (χ0v) is 20.4. The van der Waals surface area contributed by atoms with Crippen LogP contribution in [0.3, 0.4) is 0 Å².